The molecule has 9 aromatic rings. The zero-order chi connectivity index (χ0) is 29.0. The van der Waals surface area contributed by atoms with Crippen LogP contribution >= 0.6 is 11.3 Å². The Morgan fingerprint density at radius 1 is 0.500 bits per heavy atom. The van der Waals surface area contributed by atoms with Gasteiger partial charge in [-0.25, -0.2) is 19.9 Å². The van der Waals surface area contributed by atoms with Crippen molar-refractivity contribution in [3.05, 3.63) is 128 Å². The Morgan fingerprint density at radius 3 is 1.91 bits per heavy atom. The Bertz CT molecular complexity index is 2450. The van der Waals surface area contributed by atoms with Crippen molar-refractivity contribution in [2.45, 2.75) is 0 Å². The minimum Gasteiger partial charge on any atom is -0.456 e. The zero-order valence-corrected chi connectivity index (χ0v) is 24.0. The summed E-state index contributed by atoms with van der Waals surface area (Å²) >= 11 is 1.66. The van der Waals surface area contributed by atoms with E-state index >= 15 is 0 Å². The molecule has 0 atom stereocenters. The normalized spacial score (nSPS) is 11.6. The van der Waals surface area contributed by atoms with Crippen molar-refractivity contribution in [1.82, 2.24) is 24.9 Å². The molecule has 0 aliphatic rings. The van der Waals surface area contributed by atoms with E-state index < -0.39 is 0 Å². The average molecular weight is 584 g/mol. The van der Waals surface area contributed by atoms with Crippen LogP contribution in [0.3, 0.4) is 0 Å². The van der Waals surface area contributed by atoms with E-state index in [9.17, 15) is 0 Å². The number of benzene rings is 5. The highest BCUT2D eigenvalue weighted by Crippen LogP contribution is 2.39. The van der Waals surface area contributed by atoms with Crippen LogP contribution in [0, 0.1) is 0 Å². The van der Waals surface area contributed by atoms with E-state index in [1.165, 1.54) is 4.70 Å². The summed E-state index contributed by atoms with van der Waals surface area (Å²) in [5.41, 5.74) is 7.48. The van der Waals surface area contributed by atoms with Gasteiger partial charge in [0.1, 0.15) is 21.5 Å². The average Bonchev–Trinajstić information content (AvgIpc) is 3.66. The number of thiophene rings is 1. The molecule has 206 valence electrons. The summed E-state index contributed by atoms with van der Waals surface area (Å²) in [5.74, 6) is 1.85. The predicted octanol–water partition coefficient (Wildman–Crippen LogP) is 9.60. The molecule has 0 spiro atoms. The number of furan rings is 1. The van der Waals surface area contributed by atoms with Gasteiger partial charge in [-0.2, -0.15) is 0 Å². The highest BCUT2D eigenvalue weighted by molar-refractivity contribution is 7.25. The van der Waals surface area contributed by atoms with Gasteiger partial charge in [-0.15, -0.1) is 11.3 Å². The molecule has 0 fully saturated rings. The Hall–Kier alpha value is -5.79. The number of aromatic nitrogens is 5. The van der Waals surface area contributed by atoms with Crippen molar-refractivity contribution in [3.8, 4) is 45.3 Å². The largest absolute Gasteiger partial charge is 0.456 e. The fourth-order valence-corrected chi connectivity index (χ4v) is 6.78. The van der Waals surface area contributed by atoms with Crippen molar-refractivity contribution >= 4 is 53.7 Å². The first-order chi connectivity index (χ1) is 21.8. The summed E-state index contributed by atoms with van der Waals surface area (Å²) in [6.07, 6.45) is 3.49. The van der Waals surface area contributed by atoms with Crippen molar-refractivity contribution in [2.75, 3.05) is 0 Å². The van der Waals surface area contributed by atoms with Gasteiger partial charge in [-0.3, -0.25) is 4.98 Å². The van der Waals surface area contributed by atoms with Gasteiger partial charge in [0, 0.05) is 49.9 Å². The number of hydrogen-bond donors (Lipinski definition) is 0. The van der Waals surface area contributed by atoms with Gasteiger partial charge < -0.3 is 4.42 Å². The van der Waals surface area contributed by atoms with E-state index in [2.05, 4.69) is 46.4 Å². The summed E-state index contributed by atoms with van der Waals surface area (Å²) in [6, 6.07) is 39.0. The third-order valence-corrected chi connectivity index (χ3v) is 8.94. The van der Waals surface area contributed by atoms with Crippen LogP contribution in [0.5, 0.6) is 0 Å². The zero-order valence-electron chi connectivity index (χ0n) is 23.2. The number of nitrogens with zero attached hydrogens (tertiary/aromatic N) is 5. The van der Waals surface area contributed by atoms with E-state index in [0.29, 0.717) is 17.5 Å². The fraction of sp³-hybridized carbons (Fsp3) is 0. The van der Waals surface area contributed by atoms with Gasteiger partial charge in [0.25, 0.3) is 0 Å². The molecule has 0 saturated heterocycles. The molecule has 4 heterocycles. The van der Waals surface area contributed by atoms with Crippen LogP contribution in [0.15, 0.2) is 132 Å². The molecule has 44 heavy (non-hydrogen) atoms. The summed E-state index contributed by atoms with van der Waals surface area (Å²) in [6.45, 7) is 0. The van der Waals surface area contributed by atoms with E-state index in [0.717, 1.165) is 65.5 Å². The third kappa shape index (κ3) is 4.06. The third-order valence-electron chi connectivity index (χ3n) is 7.87. The van der Waals surface area contributed by atoms with Gasteiger partial charge in [0.05, 0.1) is 0 Å². The molecule has 0 bridgehead atoms. The minimum atomic E-state index is 0.598. The molecule has 6 nitrogen and oxygen atoms in total. The maximum absolute atomic E-state index is 6.36. The maximum atomic E-state index is 6.36. The lowest BCUT2D eigenvalue weighted by Crippen LogP contribution is -2.00. The van der Waals surface area contributed by atoms with Crippen LogP contribution in [0.4, 0.5) is 0 Å². The first kappa shape index (κ1) is 24.8. The summed E-state index contributed by atoms with van der Waals surface area (Å²) in [7, 11) is 0. The molecule has 5 aromatic carbocycles. The Kier molecular flexibility index (Phi) is 5.57. The number of hydrogen-bond acceptors (Lipinski definition) is 7. The fourth-order valence-electron chi connectivity index (χ4n) is 5.79. The number of fused-ring (bicyclic) bond motifs is 6. The first-order valence-electron chi connectivity index (χ1n) is 14.2. The second-order valence-corrected chi connectivity index (χ2v) is 11.6. The molecule has 0 aliphatic heterocycles. The highest BCUT2D eigenvalue weighted by atomic mass is 32.1. The van der Waals surface area contributed by atoms with E-state index in [1.54, 1.807) is 23.7 Å². The monoisotopic (exact) mass is 583 g/mol. The molecule has 0 aliphatic carbocycles. The van der Waals surface area contributed by atoms with Crippen molar-refractivity contribution in [3.63, 3.8) is 0 Å². The molecular formula is C37H21N5OS. The second-order valence-electron chi connectivity index (χ2n) is 10.6. The van der Waals surface area contributed by atoms with E-state index in [-0.39, 0.29) is 0 Å². The molecule has 7 heteroatoms. The molecule has 0 N–H and O–H groups in total. The second kappa shape index (κ2) is 9.90. The first-order valence-corrected chi connectivity index (χ1v) is 15.1. The van der Waals surface area contributed by atoms with Gasteiger partial charge in [0.2, 0.25) is 0 Å². The topological polar surface area (TPSA) is 77.6 Å². The van der Waals surface area contributed by atoms with Crippen LogP contribution in [0.1, 0.15) is 0 Å². The predicted molar refractivity (Wildman–Crippen MR) is 177 cm³/mol. The summed E-state index contributed by atoms with van der Waals surface area (Å²) in [5, 5.41) is 3.09. The van der Waals surface area contributed by atoms with Crippen molar-refractivity contribution in [2.24, 2.45) is 0 Å². The van der Waals surface area contributed by atoms with Gasteiger partial charge in [0.15, 0.2) is 17.5 Å². The van der Waals surface area contributed by atoms with Crippen molar-refractivity contribution < 1.29 is 4.42 Å². The highest BCUT2D eigenvalue weighted by Gasteiger charge is 2.18. The van der Waals surface area contributed by atoms with Crippen LogP contribution < -0.4 is 0 Å². The summed E-state index contributed by atoms with van der Waals surface area (Å²) < 4.78 is 7.53. The quantitative estimate of drug-likeness (QED) is 0.205. The molecule has 0 unspecified atom stereocenters. The molecule has 0 radical (unpaired) electrons. The lowest BCUT2D eigenvalue weighted by molar-refractivity contribution is 0.669. The van der Waals surface area contributed by atoms with E-state index in [4.69, 9.17) is 19.4 Å². The summed E-state index contributed by atoms with van der Waals surface area (Å²) in [4.78, 5) is 24.9. The van der Waals surface area contributed by atoms with Crippen LogP contribution in [0.2, 0.25) is 0 Å². The van der Waals surface area contributed by atoms with Gasteiger partial charge >= 0.3 is 0 Å². The Morgan fingerprint density at radius 2 is 1.16 bits per heavy atom. The number of rotatable bonds is 4. The van der Waals surface area contributed by atoms with Gasteiger partial charge in [-0.1, -0.05) is 84.9 Å². The maximum Gasteiger partial charge on any atom is 0.164 e. The lowest BCUT2D eigenvalue weighted by Gasteiger charge is -2.09. The van der Waals surface area contributed by atoms with Crippen molar-refractivity contribution in [1.29, 1.82) is 0 Å². The van der Waals surface area contributed by atoms with E-state index in [1.807, 2.05) is 78.9 Å². The SMILES string of the molecule is c1ccc(-c2nc(-c3ccccc3)nc(-c3cccc4oc5ccc(-c6ccc7sc8nccnc8c7c6)cc5c34)n2)cc1. The van der Waals surface area contributed by atoms with Gasteiger partial charge in [-0.05, 0) is 41.5 Å². The molecule has 0 saturated carbocycles. The lowest BCUT2D eigenvalue weighted by atomic mass is 9.99. The molecule has 9 rings (SSSR count). The van der Waals surface area contributed by atoms with Crippen LogP contribution in [-0.2, 0) is 0 Å². The smallest absolute Gasteiger partial charge is 0.164 e. The Balaban J connectivity index is 1.25. The minimum absolute atomic E-state index is 0.598. The molecular weight excluding hydrogens is 563 g/mol. The van der Waals surface area contributed by atoms with Crippen LogP contribution in [0.25, 0.3) is 87.7 Å². The standard InChI is InChI=1S/C37H21N5OS/c1-3-8-22(9-4-1)34-40-35(23-10-5-2-6-11-23)42-36(41-34)26-12-7-13-30-32(26)27-20-24(14-16-29(27)43-30)25-15-17-31-28(21-25)33-37(44-31)39-19-18-38-33/h1-21H. The molecule has 4 aromatic heterocycles. The van der Waals surface area contributed by atoms with Crippen LogP contribution in [-0.4, -0.2) is 24.9 Å². The Labute approximate surface area is 255 Å². The molecule has 0 amide bonds.